The van der Waals surface area contributed by atoms with Crippen LogP contribution in [0.5, 0.6) is 0 Å². The number of ether oxygens (including phenoxy) is 1. The minimum atomic E-state index is -0.428. The Morgan fingerprint density at radius 3 is 2.78 bits per heavy atom. The third kappa shape index (κ3) is 3.34. The van der Waals surface area contributed by atoms with Crippen molar-refractivity contribution >= 4 is 39.3 Å². The number of nitrogens with one attached hydrogen (secondary N) is 1. The summed E-state index contributed by atoms with van der Waals surface area (Å²) in [7, 11) is 0. The highest BCUT2D eigenvalue weighted by atomic mass is 79.9. The van der Waals surface area contributed by atoms with Crippen LogP contribution in [0.4, 0.5) is 20.6 Å². The van der Waals surface area contributed by atoms with Gasteiger partial charge in [-0.2, -0.15) is 0 Å². The number of rotatable bonds is 3. The van der Waals surface area contributed by atoms with Crippen molar-refractivity contribution < 1.29 is 18.7 Å². The van der Waals surface area contributed by atoms with Crippen molar-refractivity contribution in [3.63, 3.8) is 0 Å². The van der Waals surface area contributed by atoms with Crippen LogP contribution in [0.1, 0.15) is 10.4 Å². The summed E-state index contributed by atoms with van der Waals surface area (Å²) in [4.78, 5) is 25.3. The number of hydrogen-bond donors (Lipinski definition) is 1. The number of carbonyl (C=O) groups excluding carboxylic acids is 2. The molecule has 5 nitrogen and oxygen atoms in total. The highest BCUT2D eigenvalue weighted by Gasteiger charge is 2.23. The van der Waals surface area contributed by atoms with Gasteiger partial charge < -0.3 is 10.1 Å². The van der Waals surface area contributed by atoms with Gasteiger partial charge in [0, 0.05) is 15.8 Å². The molecule has 7 heteroatoms. The third-order valence-corrected chi connectivity index (χ3v) is 4.01. The van der Waals surface area contributed by atoms with Gasteiger partial charge in [0.25, 0.3) is 5.91 Å². The van der Waals surface area contributed by atoms with Crippen molar-refractivity contribution in [3.8, 4) is 0 Å². The summed E-state index contributed by atoms with van der Waals surface area (Å²) in [6.45, 7) is 0.817. The predicted octanol–water partition coefficient (Wildman–Crippen LogP) is 3.80. The Balaban J connectivity index is 1.80. The highest BCUT2D eigenvalue weighted by molar-refractivity contribution is 9.10. The summed E-state index contributed by atoms with van der Waals surface area (Å²) in [6, 6.07) is 10.7. The topological polar surface area (TPSA) is 58.6 Å². The Morgan fingerprint density at radius 2 is 2.09 bits per heavy atom. The second kappa shape index (κ2) is 6.37. The molecule has 0 spiro atoms. The predicted molar refractivity (Wildman–Crippen MR) is 87.2 cm³/mol. The molecule has 118 valence electrons. The summed E-state index contributed by atoms with van der Waals surface area (Å²) in [5.74, 6) is -0.805. The number of anilines is 2. The molecule has 2 amide bonds. The van der Waals surface area contributed by atoms with Crippen LogP contribution in [-0.2, 0) is 4.74 Å². The van der Waals surface area contributed by atoms with E-state index in [0.29, 0.717) is 34.6 Å². The fraction of sp³-hybridized carbons (Fsp3) is 0.125. The molecule has 1 aliphatic rings. The van der Waals surface area contributed by atoms with Crippen LogP contribution >= 0.6 is 15.9 Å². The van der Waals surface area contributed by atoms with Gasteiger partial charge in [0.05, 0.1) is 12.1 Å². The number of amides is 2. The zero-order valence-corrected chi connectivity index (χ0v) is 13.5. The van der Waals surface area contributed by atoms with E-state index in [1.807, 2.05) is 0 Å². The van der Waals surface area contributed by atoms with E-state index in [2.05, 4.69) is 21.2 Å². The van der Waals surface area contributed by atoms with Crippen LogP contribution in [-0.4, -0.2) is 25.2 Å². The molecule has 0 aromatic heterocycles. The molecule has 0 atom stereocenters. The molecule has 0 saturated carbocycles. The Hall–Kier alpha value is -2.41. The number of nitrogens with zero attached hydrogens (tertiary/aromatic N) is 1. The van der Waals surface area contributed by atoms with Gasteiger partial charge in [-0.25, -0.2) is 9.18 Å². The minimum Gasteiger partial charge on any atom is -0.447 e. The summed E-state index contributed by atoms with van der Waals surface area (Å²) in [6.07, 6.45) is -0.408. The zero-order chi connectivity index (χ0) is 16.4. The maximum Gasteiger partial charge on any atom is 0.414 e. The van der Waals surface area contributed by atoms with Gasteiger partial charge in [-0.3, -0.25) is 9.69 Å². The van der Waals surface area contributed by atoms with Crippen molar-refractivity contribution in [1.82, 2.24) is 0 Å². The maximum absolute atomic E-state index is 13.1. The van der Waals surface area contributed by atoms with E-state index >= 15 is 0 Å². The normalized spacial score (nSPS) is 13.8. The fourth-order valence-electron chi connectivity index (χ4n) is 2.25. The summed E-state index contributed by atoms with van der Waals surface area (Å²) in [5, 5.41) is 2.73. The molecule has 2 aromatic carbocycles. The quantitative estimate of drug-likeness (QED) is 0.883. The lowest BCUT2D eigenvalue weighted by Crippen LogP contribution is -2.23. The molecule has 2 aromatic rings. The largest absolute Gasteiger partial charge is 0.447 e. The van der Waals surface area contributed by atoms with Gasteiger partial charge >= 0.3 is 6.09 Å². The van der Waals surface area contributed by atoms with Crippen molar-refractivity contribution in [2.75, 3.05) is 23.4 Å². The zero-order valence-electron chi connectivity index (χ0n) is 11.9. The lowest BCUT2D eigenvalue weighted by Gasteiger charge is -2.14. The van der Waals surface area contributed by atoms with E-state index in [1.54, 1.807) is 24.3 Å². The molecule has 1 aliphatic heterocycles. The van der Waals surface area contributed by atoms with E-state index < -0.39 is 11.9 Å². The monoisotopic (exact) mass is 378 g/mol. The number of hydrogen-bond acceptors (Lipinski definition) is 3. The average molecular weight is 379 g/mol. The number of cyclic esters (lactones) is 1. The lowest BCUT2D eigenvalue weighted by molar-refractivity contribution is 0.102. The summed E-state index contributed by atoms with van der Waals surface area (Å²) in [5.41, 5.74) is 1.49. The van der Waals surface area contributed by atoms with E-state index in [4.69, 9.17) is 4.74 Å². The second-order valence-electron chi connectivity index (χ2n) is 4.89. The van der Waals surface area contributed by atoms with Crippen LogP contribution in [0.15, 0.2) is 46.9 Å². The van der Waals surface area contributed by atoms with Crippen molar-refractivity contribution in [3.05, 3.63) is 58.3 Å². The SMILES string of the molecule is O=C(Nc1cccc(N2CCOC2=O)c1)c1ccc(F)cc1Br. The Labute approximate surface area is 140 Å². The lowest BCUT2D eigenvalue weighted by atomic mass is 10.2. The van der Waals surface area contributed by atoms with Gasteiger partial charge in [0.15, 0.2) is 0 Å². The van der Waals surface area contributed by atoms with E-state index in [1.165, 1.54) is 23.1 Å². The van der Waals surface area contributed by atoms with Crippen molar-refractivity contribution in [2.45, 2.75) is 0 Å². The van der Waals surface area contributed by atoms with Crippen LogP contribution in [0.3, 0.4) is 0 Å². The fourth-order valence-corrected chi connectivity index (χ4v) is 2.78. The smallest absolute Gasteiger partial charge is 0.414 e. The van der Waals surface area contributed by atoms with Gasteiger partial charge in [0.1, 0.15) is 12.4 Å². The molecule has 23 heavy (non-hydrogen) atoms. The summed E-state index contributed by atoms with van der Waals surface area (Å²) >= 11 is 3.17. The first-order chi connectivity index (χ1) is 11.0. The van der Waals surface area contributed by atoms with Gasteiger partial charge in [0.2, 0.25) is 0 Å². The number of halogens is 2. The van der Waals surface area contributed by atoms with E-state index in [0.717, 1.165) is 0 Å². The van der Waals surface area contributed by atoms with Crippen molar-refractivity contribution in [1.29, 1.82) is 0 Å². The first-order valence-corrected chi connectivity index (χ1v) is 7.64. The Morgan fingerprint density at radius 1 is 1.26 bits per heavy atom. The molecule has 0 bridgehead atoms. The van der Waals surface area contributed by atoms with E-state index in [9.17, 15) is 14.0 Å². The molecule has 1 N–H and O–H groups in total. The van der Waals surface area contributed by atoms with E-state index in [-0.39, 0.29) is 5.91 Å². The van der Waals surface area contributed by atoms with Crippen LogP contribution in [0.25, 0.3) is 0 Å². The van der Waals surface area contributed by atoms with Crippen molar-refractivity contribution in [2.24, 2.45) is 0 Å². The average Bonchev–Trinajstić information content (AvgIpc) is 2.93. The first-order valence-electron chi connectivity index (χ1n) is 6.85. The van der Waals surface area contributed by atoms with Gasteiger partial charge in [-0.1, -0.05) is 6.07 Å². The molecule has 1 heterocycles. The van der Waals surface area contributed by atoms with Crippen LogP contribution in [0, 0.1) is 5.82 Å². The van der Waals surface area contributed by atoms with Crippen LogP contribution < -0.4 is 10.2 Å². The molecular weight excluding hydrogens is 367 g/mol. The Kier molecular flexibility index (Phi) is 4.29. The summed E-state index contributed by atoms with van der Waals surface area (Å²) < 4.78 is 18.4. The molecule has 0 unspecified atom stereocenters. The van der Waals surface area contributed by atoms with Crippen LogP contribution in [0.2, 0.25) is 0 Å². The molecule has 0 aliphatic carbocycles. The molecule has 0 radical (unpaired) electrons. The van der Waals surface area contributed by atoms with Gasteiger partial charge in [-0.15, -0.1) is 0 Å². The number of benzene rings is 2. The second-order valence-corrected chi connectivity index (χ2v) is 5.75. The standard InChI is InChI=1S/C16H12BrFN2O3/c17-14-8-10(18)4-5-13(14)15(21)19-11-2-1-3-12(9-11)20-6-7-23-16(20)22/h1-5,8-9H,6-7H2,(H,19,21). The molecule has 1 fully saturated rings. The minimum absolute atomic E-state index is 0.317. The Bertz CT molecular complexity index is 782. The maximum atomic E-state index is 13.1. The first kappa shape index (κ1) is 15.5. The molecular formula is C16H12BrFN2O3. The number of carbonyl (C=O) groups is 2. The third-order valence-electron chi connectivity index (χ3n) is 3.35. The highest BCUT2D eigenvalue weighted by Crippen LogP contribution is 2.24. The molecule has 3 rings (SSSR count). The van der Waals surface area contributed by atoms with Gasteiger partial charge in [-0.05, 0) is 52.3 Å². The molecule has 1 saturated heterocycles.